The minimum absolute atomic E-state index is 0.167. The molecule has 0 saturated carbocycles. The van der Waals surface area contributed by atoms with Gasteiger partial charge in [-0.05, 0) is 35.4 Å². The molecule has 3 aromatic rings. The number of aromatic amines is 1. The lowest BCUT2D eigenvalue weighted by Gasteiger charge is -2.07. The van der Waals surface area contributed by atoms with Crippen LogP contribution in [0.15, 0.2) is 28.5 Å². The maximum Gasteiger partial charge on any atom is 0.417 e. The Morgan fingerprint density at radius 2 is 2.04 bits per heavy atom. The summed E-state index contributed by atoms with van der Waals surface area (Å²) in [6.45, 7) is 4.16. The van der Waals surface area contributed by atoms with Crippen molar-refractivity contribution in [3.05, 3.63) is 56.7 Å². The number of thiophene rings is 1. The third kappa shape index (κ3) is 3.89. The van der Waals surface area contributed by atoms with E-state index in [4.69, 9.17) is 0 Å². The molecule has 0 saturated heterocycles. The molecule has 132 valence electrons. The van der Waals surface area contributed by atoms with Gasteiger partial charge in [-0.3, -0.25) is 9.78 Å². The number of halogens is 3. The van der Waals surface area contributed by atoms with Gasteiger partial charge in [-0.25, -0.2) is 4.98 Å². The maximum atomic E-state index is 12.6. The van der Waals surface area contributed by atoms with E-state index in [1.165, 1.54) is 17.4 Å². The lowest BCUT2D eigenvalue weighted by molar-refractivity contribution is -0.137. The van der Waals surface area contributed by atoms with Gasteiger partial charge in [0, 0.05) is 18.3 Å². The normalized spacial score (nSPS) is 12.2. The molecule has 3 aromatic heterocycles. The van der Waals surface area contributed by atoms with E-state index in [1.54, 1.807) is 0 Å². The second-order valence-electron chi connectivity index (χ2n) is 6.26. The van der Waals surface area contributed by atoms with Crippen LogP contribution in [0.2, 0.25) is 0 Å². The zero-order valence-electron chi connectivity index (χ0n) is 13.6. The summed E-state index contributed by atoms with van der Waals surface area (Å²) in [4.78, 5) is 24.0. The summed E-state index contributed by atoms with van der Waals surface area (Å²) in [5.74, 6) is 0.816. The standard InChI is InChI=1S/C17H16F3N3OS/c1-9(2)5-10-8-25-16-14(10)15(24)22-13(23-16)6-12-4-3-11(7-21-12)17(18,19)20/h3-4,7-9H,5-6H2,1-2H3,(H,22,23,24). The average molecular weight is 367 g/mol. The number of fused-ring (bicyclic) bond motifs is 1. The van der Waals surface area contributed by atoms with Crippen LogP contribution < -0.4 is 5.56 Å². The minimum Gasteiger partial charge on any atom is -0.310 e. The van der Waals surface area contributed by atoms with Crippen molar-refractivity contribution in [2.75, 3.05) is 0 Å². The lowest BCUT2D eigenvalue weighted by Crippen LogP contribution is -2.13. The monoisotopic (exact) mass is 367 g/mol. The number of rotatable bonds is 4. The highest BCUT2D eigenvalue weighted by atomic mass is 32.1. The van der Waals surface area contributed by atoms with Crippen molar-refractivity contribution in [3.63, 3.8) is 0 Å². The Morgan fingerprint density at radius 1 is 1.28 bits per heavy atom. The van der Waals surface area contributed by atoms with Crippen LogP contribution in [0, 0.1) is 5.92 Å². The van der Waals surface area contributed by atoms with Crippen molar-refractivity contribution < 1.29 is 13.2 Å². The SMILES string of the molecule is CC(C)Cc1csc2nc(Cc3ccc(C(F)(F)F)cn3)[nH]c(=O)c12. The second-order valence-corrected chi connectivity index (χ2v) is 7.12. The van der Waals surface area contributed by atoms with Crippen molar-refractivity contribution in [1.29, 1.82) is 0 Å². The number of nitrogens with zero attached hydrogens (tertiary/aromatic N) is 2. The Kier molecular flexibility index (Phi) is 4.64. The molecule has 0 aliphatic heterocycles. The fourth-order valence-corrected chi connectivity index (χ4v) is 3.57. The Balaban J connectivity index is 1.89. The molecule has 0 aromatic carbocycles. The molecule has 0 bridgehead atoms. The van der Waals surface area contributed by atoms with E-state index >= 15 is 0 Å². The zero-order chi connectivity index (χ0) is 18.2. The molecular formula is C17H16F3N3OS. The van der Waals surface area contributed by atoms with Gasteiger partial charge in [-0.1, -0.05) is 13.8 Å². The second kappa shape index (κ2) is 6.59. The van der Waals surface area contributed by atoms with Crippen molar-refractivity contribution in [1.82, 2.24) is 15.0 Å². The van der Waals surface area contributed by atoms with Crippen LogP contribution in [0.25, 0.3) is 10.2 Å². The van der Waals surface area contributed by atoms with Crippen molar-refractivity contribution >= 4 is 21.6 Å². The number of hydrogen-bond donors (Lipinski definition) is 1. The molecule has 0 aliphatic carbocycles. The number of alkyl halides is 3. The average Bonchev–Trinajstić information content (AvgIpc) is 2.89. The first-order valence-electron chi connectivity index (χ1n) is 7.75. The summed E-state index contributed by atoms with van der Waals surface area (Å²) in [7, 11) is 0. The Hall–Kier alpha value is -2.22. The van der Waals surface area contributed by atoms with E-state index in [1.807, 2.05) is 5.38 Å². The van der Waals surface area contributed by atoms with E-state index in [9.17, 15) is 18.0 Å². The summed E-state index contributed by atoms with van der Waals surface area (Å²) in [5.41, 5.74) is 0.367. The molecule has 0 fully saturated rings. The molecule has 25 heavy (non-hydrogen) atoms. The fraction of sp³-hybridized carbons (Fsp3) is 0.353. The quantitative estimate of drug-likeness (QED) is 0.752. The molecule has 8 heteroatoms. The highest BCUT2D eigenvalue weighted by Crippen LogP contribution is 2.28. The summed E-state index contributed by atoms with van der Waals surface area (Å²) < 4.78 is 37.7. The summed E-state index contributed by atoms with van der Waals surface area (Å²) >= 11 is 1.40. The Morgan fingerprint density at radius 3 is 2.64 bits per heavy atom. The number of aromatic nitrogens is 3. The van der Waals surface area contributed by atoms with Crippen molar-refractivity contribution in [3.8, 4) is 0 Å². The molecule has 0 spiro atoms. The fourth-order valence-electron chi connectivity index (χ4n) is 2.59. The van der Waals surface area contributed by atoms with Gasteiger partial charge < -0.3 is 4.98 Å². The molecule has 0 radical (unpaired) electrons. The van der Waals surface area contributed by atoms with Crippen molar-refractivity contribution in [2.45, 2.75) is 32.9 Å². The first-order chi connectivity index (χ1) is 11.7. The number of hydrogen-bond acceptors (Lipinski definition) is 4. The number of H-pyrrole nitrogens is 1. The third-order valence-corrected chi connectivity index (χ3v) is 4.62. The molecule has 0 amide bonds. The van der Waals surface area contributed by atoms with Gasteiger partial charge in [0.05, 0.1) is 10.9 Å². The highest BCUT2D eigenvalue weighted by molar-refractivity contribution is 7.16. The van der Waals surface area contributed by atoms with Gasteiger partial charge >= 0.3 is 6.18 Å². The van der Waals surface area contributed by atoms with Crippen LogP contribution in [0.5, 0.6) is 0 Å². The molecule has 3 heterocycles. The highest BCUT2D eigenvalue weighted by Gasteiger charge is 2.30. The predicted octanol–water partition coefficient (Wildman–Crippen LogP) is 4.19. The first kappa shape index (κ1) is 17.6. The van der Waals surface area contributed by atoms with Gasteiger partial charge in [-0.15, -0.1) is 11.3 Å². The Bertz CT molecular complexity index is 942. The predicted molar refractivity (Wildman–Crippen MR) is 90.8 cm³/mol. The van der Waals surface area contributed by atoms with E-state index in [0.717, 1.165) is 24.2 Å². The largest absolute Gasteiger partial charge is 0.417 e. The van der Waals surface area contributed by atoms with Crippen LogP contribution in [0.3, 0.4) is 0 Å². The summed E-state index contributed by atoms with van der Waals surface area (Å²) in [6, 6.07) is 2.27. The van der Waals surface area contributed by atoms with Crippen LogP contribution in [-0.4, -0.2) is 15.0 Å². The van der Waals surface area contributed by atoms with Gasteiger partial charge in [0.2, 0.25) is 0 Å². The summed E-state index contributed by atoms with van der Waals surface area (Å²) in [5, 5.41) is 2.54. The minimum atomic E-state index is -4.42. The molecule has 0 unspecified atom stereocenters. The van der Waals surface area contributed by atoms with Crippen LogP contribution in [0.4, 0.5) is 13.2 Å². The van der Waals surface area contributed by atoms with Crippen LogP contribution in [0.1, 0.15) is 36.5 Å². The molecule has 4 nitrogen and oxygen atoms in total. The topological polar surface area (TPSA) is 58.6 Å². The lowest BCUT2D eigenvalue weighted by atomic mass is 10.0. The van der Waals surface area contributed by atoms with Gasteiger partial charge in [0.25, 0.3) is 5.56 Å². The van der Waals surface area contributed by atoms with E-state index in [2.05, 4.69) is 28.8 Å². The molecule has 3 rings (SSSR count). The van der Waals surface area contributed by atoms with Gasteiger partial charge in [-0.2, -0.15) is 13.2 Å². The number of pyridine rings is 1. The molecule has 0 aliphatic rings. The van der Waals surface area contributed by atoms with Crippen molar-refractivity contribution in [2.24, 2.45) is 5.92 Å². The van der Waals surface area contributed by atoms with E-state index in [0.29, 0.717) is 27.7 Å². The first-order valence-corrected chi connectivity index (χ1v) is 8.63. The maximum absolute atomic E-state index is 12.6. The van der Waals surface area contributed by atoms with Gasteiger partial charge in [0.1, 0.15) is 10.7 Å². The number of nitrogens with one attached hydrogen (secondary N) is 1. The van der Waals surface area contributed by atoms with E-state index < -0.39 is 11.7 Å². The zero-order valence-corrected chi connectivity index (χ0v) is 14.5. The smallest absolute Gasteiger partial charge is 0.310 e. The van der Waals surface area contributed by atoms with E-state index in [-0.39, 0.29) is 12.0 Å². The van der Waals surface area contributed by atoms with Crippen LogP contribution >= 0.6 is 11.3 Å². The molecule has 1 N–H and O–H groups in total. The molecular weight excluding hydrogens is 351 g/mol. The Labute approximate surface area is 145 Å². The van der Waals surface area contributed by atoms with Gasteiger partial charge in [0.15, 0.2) is 0 Å². The third-order valence-electron chi connectivity index (χ3n) is 3.70. The summed E-state index contributed by atoms with van der Waals surface area (Å²) in [6.07, 6.45) is -2.66. The van der Waals surface area contributed by atoms with Crippen LogP contribution in [-0.2, 0) is 19.0 Å². The molecule has 0 atom stereocenters.